The van der Waals surface area contributed by atoms with E-state index in [1.165, 1.54) is 62.9 Å². The third-order valence-corrected chi connectivity index (χ3v) is 5.06. The maximum absolute atomic E-state index is 5.90. The van der Waals surface area contributed by atoms with Crippen LogP contribution in [0.3, 0.4) is 0 Å². The maximum Gasteiger partial charge on any atom is 0.142 e. The minimum Gasteiger partial charge on any atom is -0.495 e. The van der Waals surface area contributed by atoms with Gasteiger partial charge in [-0.2, -0.15) is 0 Å². The van der Waals surface area contributed by atoms with Crippen LogP contribution < -0.4 is 15.4 Å². The largest absolute Gasteiger partial charge is 0.495 e. The molecule has 2 fully saturated rings. The summed E-state index contributed by atoms with van der Waals surface area (Å²) in [5.74, 6) is 0.969. The standard InChI is InChI=1S/C17H26N2O/c1-20-15-8-6-7-14(11-18)16(15)19-12-17(13-19)9-4-2-3-5-10-17/h6-8H,2-5,9-13,18H2,1H3. The van der Waals surface area contributed by atoms with E-state index >= 15 is 0 Å². The highest BCUT2D eigenvalue weighted by Crippen LogP contribution is 2.47. The molecule has 0 radical (unpaired) electrons. The van der Waals surface area contributed by atoms with Crippen molar-refractivity contribution in [1.82, 2.24) is 0 Å². The molecule has 110 valence electrons. The fraction of sp³-hybridized carbons (Fsp3) is 0.647. The van der Waals surface area contributed by atoms with Crippen LogP contribution >= 0.6 is 0 Å². The third-order valence-electron chi connectivity index (χ3n) is 5.06. The van der Waals surface area contributed by atoms with Crippen LogP contribution in [0.5, 0.6) is 5.75 Å². The Morgan fingerprint density at radius 3 is 2.45 bits per heavy atom. The third kappa shape index (κ3) is 2.39. The first kappa shape index (κ1) is 13.7. The van der Waals surface area contributed by atoms with E-state index in [9.17, 15) is 0 Å². The summed E-state index contributed by atoms with van der Waals surface area (Å²) in [4.78, 5) is 2.48. The van der Waals surface area contributed by atoms with E-state index in [4.69, 9.17) is 10.5 Å². The van der Waals surface area contributed by atoms with Gasteiger partial charge in [-0.3, -0.25) is 0 Å². The van der Waals surface area contributed by atoms with Gasteiger partial charge in [-0.15, -0.1) is 0 Å². The van der Waals surface area contributed by atoms with Crippen LogP contribution in [-0.4, -0.2) is 20.2 Å². The van der Waals surface area contributed by atoms with Crippen molar-refractivity contribution in [3.05, 3.63) is 23.8 Å². The number of benzene rings is 1. The highest BCUT2D eigenvalue weighted by Gasteiger charge is 2.43. The van der Waals surface area contributed by atoms with Crippen molar-refractivity contribution < 1.29 is 4.74 Å². The number of rotatable bonds is 3. The van der Waals surface area contributed by atoms with Crippen molar-refractivity contribution in [2.75, 3.05) is 25.1 Å². The van der Waals surface area contributed by atoms with Crippen molar-refractivity contribution in [3.63, 3.8) is 0 Å². The molecule has 1 saturated carbocycles. The molecule has 0 amide bonds. The first-order chi connectivity index (χ1) is 9.78. The molecule has 0 bridgehead atoms. The van der Waals surface area contributed by atoms with Crippen molar-refractivity contribution in [3.8, 4) is 5.75 Å². The molecule has 1 aromatic carbocycles. The topological polar surface area (TPSA) is 38.5 Å². The Bertz CT molecular complexity index is 434. The SMILES string of the molecule is COc1cccc(CN)c1N1CC2(CCCCCC2)C1. The Morgan fingerprint density at radius 1 is 1.15 bits per heavy atom. The van der Waals surface area contributed by atoms with E-state index in [0.29, 0.717) is 12.0 Å². The summed E-state index contributed by atoms with van der Waals surface area (Å²) in [5.41, 5.74) is 8.91. The number of para-hydroxylation sites is 1. The second kappa shape index (κ2) is 5.65. The Hall–Kier alpha value is -1.22. The lowest BCUT2D eigenvalue weighted by Crippen LogP contribution is -2.56. The molecule has 1 aliphatic carbocycles. The van der Waals surface area contributed by atoms with Gasteiger partial charge in [0.2, 0.25) is 0 Å². The summed E-state index contributed by atoms with van der Waals surface area (Å²) < 4.78 is 5.55. The second-order valence-electron chi connectivity index (χ2n) is 6.44. The first-order valence-corrected chi connectivity index (χ1v) is 7.89. The van der Waals surface area contributed by atoms with Gasteiger partial charge in [-0.25, -0.2) is 0 Å². The lowest BCUT2D eigenvalue weighted by Gasteiger charge is -2.52. The quantitative estimate of drug-likeness (QED) is 0.919. The van der Waals surface area contributed by atoms with E-state index in [0.717, 1.165) is 5.75 Å². The molecule has 0 atom stereocenters. The molecule has 1 aromatic rings. The highest BCUT2D eigenvalue weighted by atomic mass is 16.5. The Balaban J connectivity index is 1.79. The number of nitrogens with zero attached hydrogens (tertiary/aromatic N) is 1. The van der Waals surface area contributed by atoms with E-state index in [1.54, 1.807) is 7.11 Å². The number of ether oxygens (including phenoxy) is 1. The van der Waals surface area contributed by atoms with Crippen LogP contribution in [0.4, 0.5) is 5.69 Å². The zero-order valence-electron chi connectivity index (χ0n) is 12.5. The molecule has 1 saturated heterocycles. The van der Waals surface area contributed by atoms with Gasteiger partial charge in [-0.1, -0.05) is 37.8 Å². The molecule has 2 aliphatic rings. The van der Waals surface area contributed by atoms with Crippen LogP contribution in [0.15, 0.2) is 18.2 Å². The number of hydrogen-bond acceptors (Lipinski definition) is 3. The summed E-state index contributed by atoms with van der Waals surface area (Å²) in [7, 11) is 1.75. The van der Waals surface area contributed by atoms with Gasteiger partial charge in [0.05, 0.1) is 12.8 Å². The molecule has 1 heterocycles. The molecule has 3 heteroatoms. The van der Waals surface area contributed by atoms with Crippen molar-refractivity contribution in [1.29, 1.82) is 0 Å². The van der Waals surface area contributed by atoms with Gasteiger partial charge in [-0.05, 0) is 24.5 Å². The van der Waals surface area contributed by atoms with Gasteiger partial charge in [0.15, 0.2) is 0 Å². The van der Waals surface area contributed by atoms with Crippen LogP contribution in [0.25, 0.3) is 0 Å². The second-order valence-corrected chi connectivity index (χ2v) is 6.44. The van der Waals surface area contributed by atoms with Crippen molar-refractivity contribution in [2.45, 2.75) is 45.1 Å². The van der Waals surface area contributed by atoms with Crippen molar-refractivity contribution in [2.24, 2.45) is 11.1 Å². The minimum absolute atomic E-state index is 0.573. The molecule has 0 unspecified atom stereocenters. The van der Waals surface area contributed by atoms with Gasteiger partial charge < -0.3 is 15.4 Å². The van der Waals surface area contributed by atoms with Gasteiger partial charge in [0.1, 0.15) is 5.75 Å². The van der Waals surface area contributed by atoms with E-state index in [-0.39, 0.29) is 0 Å². The zero-order chi connectivity index (χ0) is 14.0. The van der Waals surface area contributed by atoms with Crippen LogP contribution in [0.1, 0.15) is 44.1 Å². The molecule has 3 nitrogen and oxygen atoms in total. The smallest absolute Gasteiger partial charge is 0.142 e. The molecule has 2 N–H and O–H groups in total. The monoisotopic (exact) mass is 274 g/mol. The molecule has 20 heavy (non-hydrogen) atoms. The summed E-state index contributed by atoms with van der Waals surface area (Å²) in [6.45, 7) is 2.94. The molecular weight excluding hydrogens is 248 g/mol. The summed E-state index contributed by atoms with van der Waals surface area (Å²) in [6, 6.07) is 6.20. The number of nitrogens with two attached hydrogens (primary N) is 1. The zero-order valence-corrected chi connectivity index (χ0v) is 12.5. The molecule has 1 aliphatic heterocycles. The van der Waals surface area contributed by atoms with E-state index < -0.39 is 0 Å². The lowest BCUT2D eigenvalue weighted by molar-refractivity contribution is 0.179. The predicted octanol–water partition coefficient (Wildman–Crippen LogP) is 3.31. The Morgan fingerprint density at radius 2 is 1.85 bits per heavy atom. The summed E-state index contributed by atoms with van der Waals surface area (Å²) in [5, 5.41) is 0. The Kier molecular flexibility index (Phi) is 3.88. The fourth-order valence-corrected chi connectivity index (χ4v) is 3.97. The molecule has 0 aromatic heterocycles. The van der Waals surface area contributed by atoms with E-state index in [1.807, 2.05) is 12.1 Å². The van der Waals surface area contributed by atoms with Crippen LogP contribution in [-0.2, 0) is 6.54 Å². The van der Waals surface area contributed by atoms with Gasteiger partial charge >= 0.3 is 0 Å². The maximum atomic E-state index is 5.90. The van der Waals surface area contributed by atoms with Gasteiger partial charge in [0.25, 0.3) is 0 Å². The molecule has 3 rings (SSSR count). The van der Waals surface area contributed by atoms with Crippen molar-refractivity contribution >= 4 is 5.69 Å². The number of anilines is 1. The predicted molar refractivity (Wildman–Crippen MR) is 83.2 cm³/mol. The Labute approximate surface area is 122 Å². The average Bonchev–Trinajstić information content (AvgIpc) is 2.70. The minimum atomic E-state index is 0.573. The summed E-state index contributed by atoms with van der Waals surface area (Å²) >= 11 is 0. The fourth-order valence-electron chi connectivity index (χ4n) is 3.97. The summed E-state index contributed by atoms with van der Waals surface area (Å²) in [6.07, 6.45) is 8.45. The number of methoxy groups -OCH3 is 1. The molecular formula is C17H26N2O. The normalized spacial score (nSPS) is 21.4. The highest BCUT2D eigenvalue weighted by molar-refractivity contribution is 5.65. The lowest BCUT2D eigenvalue weighted by atomic mass is 9.73. The molecule has 1 spiro atoms. The van der Waals surface area contributed by atoms with Crippen LogP contribution in [0.2, 0.25) is 0 Å². The van der Waals surface area contributed by atoms with Crippen LogP contribution in [0, 0.1) is 5.41 Å². The average molecular weight is 274 g/mol. The van der Waals surface area contributed by atoms with E-state index in [2.05, 4.69) is 11.0 Å². The van der Waals surface area contributed by atoms with Gasteiger partial charge in [0, 0.05) is 25.0 Å². The number of hydrogen-bond donors (Lipinski definition) is 1. The first-order valence-electron chi connectivity index (χ1n) is 7.89.